The van der Waals surface area contributed by atoms with Crippen molar-refractivity contribution < 1.29 is 13.9 Å². The van der Waals surface area contributed by atoms with Gasteiger partial charge in [0, 0.05) is 37.7 Å². The van der Waals surface area contributed by atoms with Gasteiger partial charge in [0.15, 0.2) is 10.2 Å². The van der Waals surface area contributed by atoms with Gasteiger partial charge in [0.1, 0.15) is 11.5 Å². The van der Waals surface area contributed by atoms with Crippen molar-refractivity contribution in [2.45, 2.75) is 42.3 Å². The molecule has 0 saturated carbocycles. The molecule has 7 heteroatoms. The predicted octanol–water partition coefficient (Wildman–Crippen LogP) is 4.41. The smallest absolute Gasteiger partial charge is 0.195 e. The molecule has 0 bridgehead atoms. The van der Waals surface area contributed by atoms with Gasteiger partial charge < -0.3 is 13.9 Å². The summed E-state index contributed by atoms with van der Waals surface area (Å²) in [7, 11) is 1.71. The zero-order valence-electron chi connectivity index (χ0n) is 16.5. The normalized spacial score (nSPS) is 16.4. The Kier molecular flexibility index (Phi) is 6.82. The van der Waals surface area contributed by atoms with Crippen molar-refractivity contribution >= 4 is 11.8 Å². The van der Waals surface area contributed by atoms with Crippen LogP contribution in [0.25, 0.3) is 0 Å². The SMILES string of the molecule is COc1ccccc1CN(Cc1ccc(Sc2ncccn2)o1)CC1CCCO1. The minimum Gasteiger partial charge on any atom is -0.496 e. The van der Waals surface area contributed by atoms with Crippen molar-refractivity contribution in [3.63, 3.8) is 0 Å². The maximum absolute atomic E-state index is 6.05. The van der Waals surface area contributed by atoms with Crippen LogP contribution in [0.5, 0.6) is 5.75 Å². The number of hydrogen-bond donors (Lipinski definition) is 0. The van der Waals surface area contributed by atoms with E-state index in [1.54, 1.807) is 25.6 Å². The van der Waals surface area contributed by atoms with Gasteiger partial charge in [0.25, 0.3) is 0 Å². The Labute approximate surface area is 175 Å². The molecule has 29 heavy (non-hydrogen) atoms. The molecule has 4 rings (SSSR count). The van der Waals surface area contributed by atoms with E-state index in [1.807, 2.05) is 30.3 Å². The molecule has 1 atom stereocenters. The van der Waals surface area contributed by atoms with Gasteiger partial charge in [-0.2, -0.15) is 0 Å². The van der Waals surface area contributed by atoms with Crippen LogP contribution in [-0.4, -0.2) is 41.2 Å². The Morgan fingerprint density at radius 2 is 1.97 bits per heavy atom. The molecule has 0 N–H and O–H groups in total. The van der Waals surface area contributed by atoms with Crippen molar-refractivity contribution in [3.05, 3.63) is 66.2 Å². The van der Waals surface area contributed by atoms with Gasteiger partial charge in [-0.25, -0.2) is 9.97 Å². The van der Waals surface area contributed by atoms with E-state index in [0.29, 0.717) is 11.7 Å². The van der Waals surface area contributed by atoms with E-state index in [1.165, 1.54) is 11.8 Å². The number of ether oxygens (including phenoxy) is 2. The first-order valence-corrected chi connectivity index (χ1v) is 10.6. The average molecular weight is 412 g/mol. The zero-order valence-corrected chi connectivity index (χ0v) is 17.3. The van der Waals surface area contributed by atoms with Crippen molar-refractivity contribution in [2.75, 3.05) is 20.3 Å². The first-order chi connectivity index (χ1) is 14.3. The Morgan fingerprint density at radius 1 is 1.10 bits per heavy atom. The maximum atomic E-state index is 6.05. The summed E-state index contributed by atoms with van der Waals surface area (Å²) in [6.45, 7) is 3.19. The summed E-state index contributed by atoms with van der Waals surface area (Å²) in [6, 6.07) is 14.0. The van der Waals surface area contributed by atoms with Gasteiger partial charge in [0.2, 0.25) is 0 Å². The summed E-state index contributed by atoms with van der Waals surface area (Å²) in [4.78, 5) is 10.8. The lowest BCUT2D eigenvalue weighted by Gasteiger charge is -2.25. The van der Waals surface area contributed by atoms with Crippen molar-refractivity contribution in [3.8, 4) is 5.75 Å². The molecule has 0 amide bonds. The van der Waals surface area contributed by atoms with Crippen LogP contribution in [0.15, 0.2) is 69.5 Å². The summed E-state index contributed by atoms with van der Waals surface area (Å²) in [5, 5.41) is 1.47. The standard InChI is InChI=1S/C22H25N3O3S/c1-26-20-8-3-2-6-17(20)14-25(15-18-7-4-13-27-18)16-19-9-10-21(28-19)29-22-23-11-5-12-24-22/h2-3,5-6,8-12,18H,4,7,13-16H2,1H3. The third-order valence-corrected chi connectivity index (χ3v) is 5.64. The minimum atomic E-state index is 0.270. The summed E-state index contributed by atoms with van der Waals surface area (Å²) in [5.74, 6) is 1.82. The van der Waals surface area contributed by atoms with E-state index in [-0.39, 0.29) is 6.10 Å². The van der Waals surface area contributed by atoms with Crippen LogP contribution in [-0.2, 0) is 17.8 Å². The molecule has 2 aromatic heterocycles. The lowest BCUT2D eigenvalue weighted by atomic mass is 10.1. The molecule has 152 valence electrons. The van der Waals surface area contributed by atoms with Gasteiger partial charge in [-0.05, 0) is 48.9 Å². The number of hydrogen-bond acceptors (Lipinski definition) is 7. The maximum Gasteiger partial charge on any atom is 0.195 e. The molecular weight excluding hydrogens is 386 g/mol. The molecule has 0 aliphatic carbocycles. The lowest BCUT2D eigenvalue weighted by molar-refractivity contribution is 0.0648. The lowest BCUT2D eigenvalue weighted by Crippen LogP contribution is -2.31. The molecular formula is C22H25N3O3S. The first-order valence-electron chi connectivity index (χ1n) is 9.79. The third-order valence-electron chi connectivity index (χ3n) is 4.82. The summed E-state index contributed by atoms with van der Waals surface area (Å²) in [5.41, 5.74) is 1.16. The number of furan rings is 1. The molecule has 1 aromatic carbocycles. The Hall–Kier alpha value is -2.35. The van der Waals surface area contributed by atoms with Gasteiger partial charge in [-0.3, -0.25) is 4.90 Å². The molecule has 6 nitrogen and oxygen atoms in total. The number of rotatable bonds is 9. The number of aromatic nitrogens is 2. The molecule has 3 heterocycles. The van der Waals surface area contributed by atoms with Gasteiger partial charge >= 0.3 is 0 Å². The van der Waals surface area contributed by atoms with E-state index in [2.05, 4.69) is 20.9 Å². The fourth-order valence-corrected chi connectivity index (χ4v) is 4.17. The highest BCUT2D eigenvalue weighted by Gasteiger charge is 2.21. The molecule has 1 fully saturated rings. The second-order valence-electron chi connectivity index (χ2n) is 6.97. The van der Waals surface area contributed by atoms with Crippen LogP contribution in [0, 0.1) is 0 Å². The minimum absolute atomic E-state index is 0.270. The summed E-state index contributed by atoms with van der Waals surface area (Å²) in [6.07, 6.45) is 5.97. The highest BCUT2D eigenvalue weighted by atomic mass is 32.2. The van der Waals surface area contributed by atoms with Crippen molar-refractivity contribution in [1.82, 2.24) is 14.9 Å². The molecule has 3 aromatic rings. The molecule has 1 unspecified atom stereocenters. The Balaban J connectivity index is 1.46. The Bertz CT molecular complexity index is 897. The van der Waals surface area contributed by atoms with Gasteiger partial charge in [0.05, 0.1) is 19.8 Å². The van der Waals surface area contributed by atoms with E-state index in [4.69, 9.17) is 13.9 Å². The third kappa shape index (κ3) is 5.59. The summed E-state index contributed by atoms with van der Waals surface area (Å²) < 4.78 is 17.5. The largest absolute Gasteiger partial charge is 0.496 e. The highest BCUT2D eigenvalue weighted by molar-refractivity contribution is 7.99. The fourth-order valence-electron chi connectivity index (χ4n) is 3.48. The molecule has 0 radical (unpaired) electrons. The molecule has 1 aliphatic rings. The fraction of sp³-hybridized carbons (Fsp3) is 0.364. The number of methoxy groups -OCH3 is 1. The van der Waals surface area contributed by atoms with E-state index < -0.39 is 0 Å². The van der Waals surface area contributed by atoms with Crippen molar-refractivity contribution in [2.24, 2.45) is 0 Å². The predicted molar refractivity (Wildman–Crippen MR) is 111 cm³/mol. The van der Waals surface area contributed by atoms with Crippen LogP contribution >= 0.6 is 11.8 Å². The first kappa shape index (κ1) is 19.9. The van der Waals surface area contributed by atoms with E-state index in [9.17, 15) is 0 Å². The van der Waals surface area contributed by atoms with Crippen LogP contribution < -0.4 is 4.74 Å². The Morgan fingerprint density at radius 3 is 2.76 bits per heavy atom. The van der Waals surface area contributed by atoms with Crippen LogP contribution in [0.2, 0.25) is 0 Å². The molecule has 1 aliphatic heterocycles. The number of benzene rings is 1. The van der Waals surface area contributed by atoms with E-state index >= 15 is 0 Å². The monoisotopic (exact) mass is 411 g/mol. The molecule has 1 saturated heterocycles. The van der Waals surface area contributed by atoms with Gasteiger partial charge in [-0.1, -0.05) is 18.2 Å². The van der Waals surface area contributed by atoms with Crippen LogP contribution in [0.4, 0.5) is 0 Å². The highest BCUT2D eigenvalue weighted by Crippen LogP contribution is 2.28. The van der Waals surface area contributed by atoms with Crippen LogP contribution in [0.3, 0.4) is 0 Å². The number of nitrogens with zero attached hydrogens (tertiary/aromatic N) is 3. The quantitative estimate of drug-likeness (QED) is 0.483. The average Bonchev–Trinajstić information content (AvgIpc) is 3.41. The second kappa shape index (κ2) is 9.91. The van der Waals surface area contributed by atoms with E-state index in [0.717, 1.165) is 54.7 Å². The molecule has 0 spiro atoms. The zero-order chi connectivity index (χ0) is 19.9. The van der Waals surface area contributed by atoms with Crippen LogP contribution in [0.1, 0.15) is 24.2 Å². The van der Waals surface area contributed by atoms with Crippen molar-refractivity contribution in [1.29, 1.82) is 0 Å². The summed E-state index contributed by atoms with van der Waals surface area (Å²) >= 11 is 1.43. The van der Waals surface area contributed by atoms with Gasteiger partial charge in [-0.15, -0.1) is 0 Å². The topological polar surface area (TPSA) is 60.6 Å². The second-order valence-corrected chi connectivity index (χ2v) is 7.94. The number of para-hydroxylation sites is 1.